The Morgan fingerprint density at radius 2 is 1.45 bits per heavy atom. The lowest BCUT2D eigenvalue weighted by molar-refractivity contribution is 0.294. The number of aliphatic hydroxyl groups is 2. The zero-order valence-corrected chi connectivity index (χ0v) is 6.58. The van der Waals surface area contributed by atoms with Gasteiger partial charge in [0.05, 0.1) is 13.2 Å². The van der Waals surface area contributed by atoms with Crippen LogP contribution in [0.5, 0.6) is 0 Å². The Labute approximate surface area is 66.5 Å². The highest BCUT2D eigenvalue weighted by Gasteiger charge is 2.37. The molecule has 0 saturated heterocycles. The summed E-state index contributed by atoms with van der Waals surface area (Å²) >= 11 is 0. The monoisotopic (exact) mass is 154 g/mol. The number of hydrogen-bond acceptors (Lipinski definition) is 2. The summed E-state index contributed by atoms with van der Waals surface area (Å²) in [5, 5.41) is 18.0. The second-order valence-corrected chi connectivity index (χ2v) is 3.57. The summed E-state index contributed by atoms with van der Waals surface area (Å²) in [6, 6.07) is 0. The van der Waals surface area contributed by atoms with Gasteiger partial charge in [-0.3, -0.25) is 0 Å². The van der Waals surface area contributed by atoms with E-state index < -0.39 is 0 Å². The summed E-state index contributed by atoms with van der Waals surface area (Å²) in [7, 11) is 0. The molecule has 0 aliphatic heterocycles. The number of aliphatic hydroxyl groups excluding tert-OH is 2. The molecule has 1 fully saturated rings. The van der Waals surface area contributed by atoms with Gasteiger partial charge >= 0.3 is 0 Å². The lowest BCUT2D eigenvalue weighted by Gasteiger charge is -2.16. The van der Waals surface area contributed by atoms with Crippen molar-refractivity contribution in [1.82, 2.24) is 0 Å². The van der Waals surface area contributed by atoms with Gasteiger partial charge in [-0.2, -0.15) is 0 Å². The van der Waals surface area contributed by atoms with Crippen molar-refractivity contribution in [3.8, 4) is 0 Å². The molecular formula is C9H14O2. The van der Waals surface area contributed by atoms with Crippen LogP contribution in [0.25, 0.3) is 0 Å². The highest BCUT2D eigenvalue weighted by molar-refractivity contribution is 5.29. The van der Waals surface area contributed by atoms with E-state index in [1.165, 1.54) is 19.3 Å². The second kappa shape index (κ2) is 2.61. The number of rotatable bonds is 2. The van der Waals surface area contributed by atoms with Gasteiger partial charge < -0.3 is 10.2 Å². The molecule has 2 N–H and O–H groups in total. The summed E-state index contributed by atoms with van der Waals surface area (Å²) in [6.07, 6.45) is 3.64. The summed E-state index contributed by atoms with van der Waals surface area (Å²) in [6.45, 7) is 0.328. The van der Waals surface area contributed by atoms with Crippen molar-refractivity contribution < 1.29 is 10.2 Å². The zero-order valence-electron chi connectivity index (χ0n) is 6.58. The Balaban J connectivity index is 2.27. The van der Waals surface area contributed by atoms with Crippen molar-refractivity contribution in [3.05, 3.63) is 11.1 Å². The van der Waals surface area contributed by atoms with Gasteiger partial charge in [0, 0.05) is 0 Å². The van der Waals surface area contributed by atoms with E-state index in [1.807, 2.05) is 0 Å². The third kappa shape index (κ3) is 0.932. The molecule has 62 valence electrons. The Morgan fingerprint density at radius 3 is 1.82 bits per heavy atom. The zero-order chi connectivity index (χ0) is 7.84. The molecule has 0 heterocycles. The molecule has 2 aliphatic carbocycles. The van der Waals surface area contributed by atoms with Crippen LogP contribution in [0.15, 0.2) is 11.1 Å². The summed E-state index contributed by atoms with van der Waals surface area (Å²) in [4.78, 5) is 0. The summed E-state index contributed by atoms with van der Waals surface area (Å²) < 4.78 is 0. The molecule has 0 amide bonds. The molecule has 2 rings (SSSR count). The first kappa shape index (κ1) is 7.32. The van der Waals surface area contributed by atoms with Crippen LogP contribution in [0.3, 0.4) is 0 Å². The van der Waals surface area contributed by atoms with E-state index >= 15 is 0 Å². The van der Waals surface area contributed by atoms with Gasteiger partial charge in [-0.15, -0.1) is 0 Å². The maximum absolute atomic E-state index is 9.02. The predicted molar refractivity (Wildman–Crippen MR) is 42.0 cm³/mol. The van der Waals surface area contributed by atoms with Gasteiger partial charge in [-0.25, -0.2) is 0 Å². The number of fused-ring (bicyclic) bond motifs is 2. The standard InChI is InChI=1S/C9H14O2/c10-4-8-6-1-2-7(3-6)9(8)5-11/h6-7,10-11H,1-5H2. The van der Waals surface area contributed by atoms with Crippen molar-refractivity contribution >= 4 is 0 Å². The Bertz CT molecular complexity index is 176. The number of hydrogen-bond donors (Lipinski definition) is 2. The van der Waals surface area contributed by atoms with E-state index in [0.29, 0.717) is 11.8 Å². The third-order valence-electron chi connectivity index (χ3n) is 3.17. The summed E-state index contributed by atoms with van der Waals surface area (Å²) in [5.41, 5.74) is 2.28. The fraction of sp³-hybridized carbons (Fsp3) is 0.778. The lowest BCUT2D eigenvalue weighted by atomic mass is 9.93. The smallest absolute Gasteiger partial charge is 0.0648 e. The van der Waals surface area contributed by atoms with E-state index in [9.17, 15) is 0 Å². The van der Waals surface area contributed by atoms with Gasteiger partial charge in [0.15, 0.2) is 0 Å². The molecule has 0 aromatic rings. The van der Waals surface area contributed by atoms with Crippen molar-refractivity contribution in [2.45, 2.75) is 19.3 Å². The Morgan fingerprint density at radius 1 is 1.00 bits per heavy atom. The molecule has 0 spiro atoms. The van der Waals surface area contributed by atoms with Crippen LogP contribution in [0.4, 0.5) is 0 Å². The molecular weight excluding hydrogens is 140 g/mol. The van der Waals surface area contributed by atoms with E-state index in [4.69, 9.17) is 10.2 Å². The highest BCUT2D eigenvalue weighted by atomic mass is 16.3. The first-order chi connectivity index (χ1) is 5.36. The van der Waals surface area contributed by atoms with Gasteiger partial charge in [0.1, 0.15) is 0 Å². The molecule has 0 aromatic carbocycles. The van der Waals surface area contributed by atoms with Crippen molar-refractivity contribution in [2.75, 3.05) is 13.2 Å². The molecule has 0 aromatic heterocycles. The second-order valence-electron chi connectivity index (χ2n) is 3.57. The topological polar surface area (TPSA) is 40.5 Å². The highest BCUT2D eigenvalue weighted by Crippen LogP contribution is 2.47. The largest absolute Gasteiger partial charge is 0.392 e. The average Bonchev–Trinajstić information content (AvgIpc) is 2.60. The van der Waals surface area contributed by atoms with E-state index in [2.05, 4.69) is 0 Å². The van der Waals surface area contributed by atoms with Gasteiger partial charge in [0.2, 0.25) is 0 Å². The van der Waals surface area contributed by atoms with Gasteiger partial charge in [-0.1, -0.05) is 0 Å². The van der Waals surface area contributed by atoms with E-state index in [1.54, 1.807) is 0 Å². The molecule has 2 nitrogen and oxygen atoms in total. The minimum Gasteiger partial charge on any atom is -0.392 e. The normalized spacial score (nSPS) is 35.5. The molecule has 11 heavy (non-hydrogen) atoms. The third-order valence-corrected chi connectivity index (χ3v) is 3.17. The molecule has 1 saturated carbocycles. The van der Waals surface area contributed by atoms with Crippen LogP contribution in [-0.2, 0) is 0 Å². The quantitative estimate of drug-likeness (QED) is 0.575. The first-order valence-electron chi connectivity index (χ1n) is 4.30. The minimum absolute atomic E-state index is 0.164. The van der Waals surface area contributed by atoms with Crippen molar-refractivity contribution in [3.63, 3.8) is 0 Å². The maximum Gasteiger partial charge on any atom is 0.0648 e. The van der Waals surface area contributed by atoms with Crippen LogP contribution in [0.2, 0.25) is 0 Å². The molecule has 0 radical (unpaired) electrons. The SMILES string of the molecule is OCC1=C(CO)C2CCC1C2. The molecule has 2 heteroatoms. The van der Waals surface area contributed by atoms with Crippen molar-refractivity contribution in [1.29, 1.82) is 0 Å². The maximum atomic E-state index is 9.02. The molecule has 2 bridgehead atoms. The Kier molecular flexibility index (Phi) is 1.74. The minimum atomic E-state index is 0.164. The fourth-order valence-electron chi connectivity index (χ4n) is 2.60. The Hall–Kier alpha value is -0.340. The van der Waals surface area contributed by atoms with Gasteiger partial charge in [0.25, 0.3) is 0 Å². The van der Waals surface area contributed by atoms with Crippen LogP contribution in [0.1, 0.15) is 19.3 Å². The first-order valence-corrected chi connectivity index (χ1v) is 4.30. The molecule has 2 aliphatic rings. The van der Waals surface area contributed by atoms with Crippen LogP contribution in [-0.4, -0.2) is 23.4 Å². The van der Waals surface area contributed by atoms with Gasteiger partial charge in [-0.05, 0) is 42.2 Å². The van der Waals surface area contributed by atoms with Crippen molar-refractivity contribution in [2.24, 2.45) is 11.8 Å². The van der Waals surface area contributed by atoms with Crippen LogP contribution >= 0.6 is 0 Å². The predicted octanol–water partition coefficient (Wildman–Crippen LogP) is 0.698. The molecule has 2 unspecified atom stereocenters. The van der Waals surface area contributed by atoms with E-state index in [0.717, 1.165) is 11.1 Å². The molecule has 2 atom stereocenters. The summed E-state index contributed by atoms with van der Waals surface area (Å²) in [5.74, 6) is 1.21. The fourth-order valence-corrected chi connectivity index (χ4v) is 2.60. The van der Waals surface area contributed by atoms with Crippen LogP contribution < -0.4 is 0 Å². The van der Waals surface area contributed by atoms with Crippen LogP contribution in [0, 0.1) is 11.8 Å². The average molecular weight is 154 g/mol. The van der Waals surface area contributed by atoms with E-state index in [-0.39, 0.29) is 13.2 Å². The lowest BCUT2D eigenvalue weighted by Crippen LogP contribution is -2.09.